The minimum Gasteiger partial charge on any atom is -0.339 e. The smallest absolute Gasteiger partial charge is 0.339 e. The van der Waals surface area contributed by atoms with Gasteiger partial charge < -0.3 is 5.32 Å². The van der Waals surface area contributed by atoms with E-state index in [1.165, 1.54) is 12.3 Å². The minimum atomic E-state index is -4.47. The van der Waals surface area contributed by atoms with E-state index in [0.29, 0.717) is 4.47 Å². The lowest BCUT2D eigenvalue weighted by Gasteiger charge is -2.12. The highest BCUT2D eigenvalue weighted by atomic mass is 79.9. The first-order valence-electron chi connectivity index (χ1n) is 5.21. The highest BCUT2D eigenvalue weighted by Crippen LogP contribution is 2.34. The number of aromatic nitrogens is 1. The van der Waals surface area contributed by atoms with Crippen molar-refractivity contribution < 1.29 is 13.2 Å². The van der Waals surface area contributed by atoms with Gasteiger partial charge in [-0.2, -0.15) is 13.2 Å². The Morgan fingerprint density at radius 2 is 1.80 bits per heavy atom. The summed E-state index contributed by atoms with van der Waals surface area (Å²) in [5.74, 6) is 0.241. The Hall–Kier alpha value is -0.980. The Morgan fingerprint density at radius 1 is 1.10 bits per heavy atom. The molecule has 0 fully saturated rings. The van der Waals surface area contributed by atoms with Crippen molar-refractivity contribution in [2.75, 3.05) is 5.32 Å². The highest BCUT2D eigenvalue weighted by molar-refractivity contribution is 9.10. The molecule has 0 bridgehead atoms. The summed E-state index contributed by atoms with van der Waals surface area (Å²) in [5, 5.41) is 2.94. The molecular weight excluding hydrogens is 380 g/mol. The standard InChI is InChI=1S/C12H6BrCl2F3N2/c13-7-3-10(15)11(19-5-7)20-9-2-6(12(16,17)18)1-8(14)4-9/h1-5H,(H,19,20). The summed E-state index contributed by atoms with van der Waals surface area (Å²) in [4.78, 5) is 3.98. The maximum atomic E-state index is 12.7. The number of halogens is 6. The van der Waals surface area contributed by atoms with Gasteiger partial charge in [0, 0.05) is 21.4 Å². The molecule has 1 N–H and O–H groups in total. The van der Waals surface area contributed by atoms with Gasteiger partial charge in [0.25, 0.3) is 0 Å². The van der Waals surface area contributed by atoms with Crippen molar-refractivity contribution in [3.63, 3.8) is 0 Å². The Kier molecular flexibility index (Phi) is 4.46. The fourth-order valence-electron chi connectivity index (χ4n) is 1.47. The van der Waals surface area contributed by atoms with Crippen LogP contribution < -0.4 is 5.32 Å². The quantitative estimate of drug-likeness (QED) is 0.694. The zero-order chi connectivity index (χ0) is 14.9. The molecule has 2 nitrogen and oxygen atoms in total. The molecule has 1 aromatic carbocycles. The third-order valence-electron chi connectivity index (χ3n) is 2.30. The number of nitrogens with zero attached hydrogens (tertiary/aromatic N) is 1. The lowest BCUT2D eigenvalue weighted by Crippen LogP contribution is -2.06. The van der Waals surface area contributed by atoms with Gasteiger partial charge >= 0.3 is 6.18 Å². The van der Waals surface area contributed by atoms with Gasteiger partial charge in [0.15, 0.2) is 0 Å². The fourth-order valence-corrected chi connectivity index (χ4v) is 2.38. The van der Waals surface area contributed by atoms with Crippen molar-refractivity contribution in [3.8, 4) is 0 Å². The van der Waals surface area contributed by atoms with Gasteiger partial charge in [-0.05, 0) is 40.2 Å². The molecule has 8 heteroatoms. The third kappa shape index (κ3) is 3.77. The number of pyridine rings is 1. The van der Waals surface area contributed by atoms with E-state index in [-0.39, 0.29) is 21.6 Å². The van der Waals surface area contributed by atoms with Crippen LogP contribution >= 0.6 is 39.1 Å². The van der Waals surface area contributed by atoms with Gasteiger partial charge in [0.1, 0.15) is 5.82 Å². The van der Waals surface area contributed by atoms with Crippen LogP contribution in [0.25, 0.3) is 0 Å². The molecule has 0 saturated carbocycles. The molecule has 0 aliphatic rings. The number of hydrogen-bond acceptors (Lipinski definition) is 2. The second kappa shape index (κ2) is 5.79. The number of benzene rings is 1. The monoisotopic (exact) mass is 384 g/mol. The van der Waals surface area contributed by atoms with E-state index in [9.17, 15) is 13.2 Å². The predicted molar refractivity (Wildman–Crippen MR) is 76.7 cm³/mol. The molecule has 0 saturated heterocycles. The molecule has 0 radical (unpaired) electrons. The van der Waals surface area contributed by atoms with Crippen LogP contribution in [0.1, 0.15) is 5.56 Å². The van der Waals surface area contributed by atoms with Crippen LogP contribution in [-0.2, 0) is 6.18 Å². The molecule has 20 heavy (non-hydrogen) atoms. The molecule has 0 atom stereocenters. The topological polar surface area (TPSA) is 24.9 Å². The van der Waals surface area contributed by atoms with E-state index in [1.807, 2.05) is 0 Å². The minimum absolute atomic E-state index is 0.0319. The number of alkyl halides is 3. The molecule has 0 spiro atoms. The second-order valence-corrected chi connectivity index (χ2v) is 5.59. The first kappa shape index (κ1) is 15.4. The summed E-state index contributed by atoms with van der Waals surface area (Å²) in [6.07, 6.45) is -3.00. The summed E-state index contributed by atoms with van der Waals surface area (Å²) >= 11 is 14.8. The van der Waals surface area contributed by atoms with E-state index in [2.05, 4.69) is 26.2 Å². The van der Waals surface area contributed by atoms with Gasteiger partial charge in [-0.15, -0.1) is 0 Å². The Balaban J connectivity index is 2.36. The van der Waals surface area contributed by atoms with Gasteiger partial charge in [0.05, 0.1) is 10.6 Å². The van der Waals surface area contributed by atoms with Crippen LogP contribution in [0.4, 0.5) is 24.7 Å². The maximum Gasteiger partial charge on any atom is 0.416 e. The number of hydrogen-bond donors (Lipinski definition) is 1. The number of anilines is 2. The van der Waals surface area contributed by atoms with Crippen molar-refractivity contribution in [1.82, 2.24) is 4.98 Å². The van der Waals surface area contributed by atoms with Crippen molar-refractivity contribution in [2.45, 2.75) is 6.18 Å². The third-order valence-corrected chi connectivity index (χ3v) is 3.24. The van der Waals surface area contributed by atoms with Gasteiger partial charge in [-0.25, -0.2) is 4.98 Å². The summed E-state index contributed by atoms with van der Waals surface area (Å²) in [7, 11) is 0. The first-order chi connectivity index (χ1) is 9.25. The average Bonchev–Trinajstić information content (AvgIpc) is 2.31. The van der Waals surface area contributed by atoms with Crippen LogP contribution in [0.5, 0.6) is 0 Å². The number of rotatable bonds is 2. The summed E-state index contributed by atoms with van der Waals surface area (Å²) < 4.78 is 38.7. The van der Waals surface area contributed by atoms with Crippen molar-refractivity contribution >= 4 is 50.6 Å². The lowest BCUT2D eigenvalue weighted by atomic mass is 10.2. The Morgan fingerprint density at radius 3 is 2.40 bits per heavy atom. The SMILES string of the molecule is FC(F)(F)c1cc(Cl)cc(Nc2ncc(Br)cc2Cl)c1. The normalized spacial score (nSPS) is 11.5. The Labute approximate surface area is 131 Å². The molecule has 1 aromatic heterocycles. The van der Waals surface area contributed by atoms with Gasteiger partial charge in [-0.1, -0.05) is 23.2 Å². The molecular formula is C12H6BrCl2F3N2. The van der Waals surface area contributed by atoms with Crippen LogP contribution in [-0.4, -0.2) is 4.98 Å². The van der Waals surface area contributed by atoms with E-state index in [0.717, 1.165) is 12.1 Å². The molecule has 0 amide bonds. The van der Waals surface area contributed by atoms with Crippen LogP contribution in [0, 0.1) is 0 Å². The molecule has 2 rings (SSSR count). The van der Waals surface area contributed by atoms with Crippen molar-refractivity contribution in [3.05, 3.63) is 50.5 Å². The van der Waals surface area contributed by atoms with E-state index < -0.39 is 11.7 Å². The average molecular weight is 386 g/mol. The molecule has 0 aliphatic carbocycles. The summed E-state index contributed by atoms with van der Waals surface area (Å²) in [5.41, 5.74) is -0.692. The van der Waals surface area contributed by atoms with Crippen LogP contribution in [0.2, 0.25) is 10.0 Å². The van der Waals surface area contributed by atoms with Crippen LogP contribution in [0.15, 0.2) is 34.9 Å². The Bertz CT molecular complexity index is 647. The highest BCUT2D eigenvalue weighted by Gasteiger charge is 2.31. The van der Waals surface area contributed by atoms with Gasteiger partial charge in [0.2, 0.25) is 0 Å². The van der Waals surface area contributed by atoms with Crippen molar-refractivity contribution in [2.24, 2.45) is 0 Å². The first-order valence-corrected chi connectivity index (χ1v) is 6.76. The van der Waals surface area contributed by atoms with E-state index in [1.54, 1.807) is 6.07 Å². The van der Waals surface area contributed by atoms with E-state index in [4.69, 9.17) is 23.2 Å². The molecule has 1 heterocycles. The molecule has 0 unspecified atom stereocenters. The van der Waals surface area contributed by atoms with Crippen molar-refractivity contribution in [1.29, 1.82) is 0 Å². The fraction of sp³-hybridized carbons (Fsp3) is 0.0833. The summed E-state index contributed by atoms with van der Waals surface area (Å²) in [6, 6.07) is 4.72. The molecule has 2 aromatic rings. The predicted octanol–water partition coefficient (Wildman–Crippen LogP) is 5.91. The zero-order valence-corrected chi connectivity index (χ0v) is 12.7. The van der Waals surface area contributed by atoms with Gasteiger partial charge in [-0.3, -0.25) is 0 Å². The molecule has 106 valence electrons. The maximum absolute atomic E-state index is 12.7. The number of nitrogens with one attached hydrogen (secondary N) is 1. The largest absolute Gasteiger partial charge is 0.416 e. The zero-order valence-electron chi connectivity index (χ0n) is 9.60. The lowest BCUT2D eigenvalue weighted by molar-refractivity contribution is -0.137. The van der Waals surface area contributed by atoms with Crippen LogP contribution in [0.3, 0.4) is 0 Å². The summed E-state index contributed by atoms with van der Waals surface area (Å²) in [6.45, 7) is 0. The molecule has 0 aliphatic heterocycles. The second-order valence-electron chi connectivity index (χ2n) is 3.84. The van der Waals surface area contributed by atoms with E-state index >= 15 is 0 Å².